The molecule has 0 bridgehead atoms. The standard InChI is InChI=1S/C16H15F6N3OS/c1-9-23-6-13(27-9)7-25(2)8-14(26)24-12-4-10(15(17,18)19)3-11(5-12)16(20,21)22/h3-6H,7-8H2,1-2H3,(H,24,26). The molecule has 27 heavy (non-hydrogen) atoms. The highest BCUT2D eigenvalue weighted by Gasteiger charge is 2.37. The minimum atomic E-state index is -4.97. The minimum absolute atomic E-state index is 0.00784. The van der Waals surface area contributed by atoms with E-state index in [1.54, 1.807) is 18.1 Å². The van der Waals surface area contributed by atoms with Crippen LogP contribution in [0.25, 0.3) is 0 Å². The molecule has 1 amide bonds. The van der Waals surface area contributed by atoms with E-state index in [4.69, 9.17) is 0 Å². The lowest BCUT2D eigenvalue weighted by molar-refractivity contribution is -0.143. The van der Waals surface area contributed by atoms with Crippen LogP contribution in [0.15, 0.2) is 24.4 Å². The second-order valence-corrected chi connectivity index (χ2v) is 7.18. The van der Waals surface area contributed by atoms with Gasteiger partial charge in [0.2, 0.25) is 5.91 Å². The molecule has 1 aromatic heterocycles. The molecule has 2 aromatic rings. The molecule has 0 aliphatic carbocycles. The zero-order chi connectivity index (χ0) is 20.4. The minimum Gasteiger partial charge on any atom is -0.325 e. The van der Waals surface area contributed by atoms with Crippen molar-refractivity contribution in [1.29, 1.82) is 0 Å². The molecular weight excluding hydrogens is 396 g/mol. The first-order chi connectivity index (χ1) is 12.3. The number of benzene rings is 1. The molecule has 1 heterocycles. The number of carbonyl (C=O) groups excluding carboxylic acids is 1. The fourth-order valence-electron chi connectivity index (χ4n) is 2.27. The Bertz CT molecular complexity index is 783. The van der Waals surface area contributed by atoms with E-state index in [0.717, 1.165) is 9.88 Å². The van der Waals surface area contributed by atoms with Crippen molar-refractivity contribution in [3.8, 4) is 0 Å². The number of likely N-dealkylation sites (N-methyl/N-ethyl adjacent to an activating group) is 1. The predicted molar refractivity (Wildman–Crippen MR) is 88.3 cm³/mol. The lowest BCUT2D eigenvalue weighted by Crippen LogP contribution is -2.29. The summed E-state index contributed by atoms with van der Waals surface area (Å²) in [6, 6.07) is 0.952. The average Bonchev–Trinajstić information content (AvgIpc) is 2.89. The van der Waals surface area contributed by atoms with E-state index in [0.29, 0.717) is 18.7 Å². The normalized spacial score (nSPS) is 12.5. The van der Waals surface area contributed by atoms with Crippen LogP contribution in [-0.4, -0.2) is 29.4 Å². The second-order valence-electron chi connectivity index (χ2n) is 5.86. The van der Waals surface area contributed by atoms with Crippen LogP contribution < -0.4 is 5.32 Å². The van der Waals surface area contributed by atoms with Crippen LogP contribution in [0.5, 0.6) is 0 Å². The second kappa shape index (κ2) is 7.85. The van der Waals surface area contributed by atoms with Crippen LogP contribution in [0, 0.1) is 6.92 Å². The Hall–Kier alpha value is -2.14. The number of nitrogens with one attached hydrogen (secondary N) is 1. The molecule has 1 aromatic carbocycles. The number of hydrogen-bond acceptors (Lipinski definition) is 4. The number of nitrogens with zero attached hydrogens (tertiary/aromatic N) is 2. The number of halogens is 6. The Kier molecular flexibility index (Phi) is 6.15. The van der Waals surface area contributed by atoms with Crippen molar-refractivity contribution in [3.63, 3.8) is 0 Å². The van der Waals surface area contributed by atoms with E-state index < -0.39 is 35.1 Å². The molecule has 0 saturated heterocycles. The van der Waals surface area contributed by atoms with Gasteiger partial charge in [-0.3, -0.25) is 9.69 Å². The highest BCUT2D eigenvalue weighted by atomic mass is 32.1. The van der Waals surface area contributed by atoms with Gasteiger partial charge < -0.3 is 5.32 Å². The summed E-state index contributed by atoms with van der Waals surface area (Å²) in [7, 11) is 1.60. The summed E-state index contributed by atoms with van der Waals surface area (Å²) in [4.78, 5) is 18.5. The van der Waals surface area contributed by atoms with E-state index in [1.807, 2.05) is 6.92 Å². The Balaban J connectivity index is 2.11. The van der Waals surface area contributed by atoms with E-state index in [9.17, 15) is 31.1 Å². The van der Waals surface area contributed by atoms with Crippen molar-refractivity contribution < 1.29 is 31.1 Å². The number of aromatic nitrogens is 1. The van der Waals surface area contributed by atoms with Crippen molar-refractivity contribution in [1.82, 2.24) is 9.88 Å². The number of rotatable bonds is 5. The monoisotopic (exact) mass is 411 g/mol. The third-order valence-corrected chi connectivity index (χ3v) is 4.28. The molecule has 0 atom stereocenters. The van der Waals surface area contributed by atoms with Gasteiger partial charge in [-0.05, 0) is 32.2 Å². The smallest absolute Gasteiger partial charge is 0.325 e. The maximum atomic E-state index is 12.8. The van der Waals surface area contributed by atoms with Crippen LogP contribution in [0.3, 0.4) is 0 Å². The maximum Gasteiger partial charge on any atom is 0.416 e. The molecule has 0 spiro atoms. The average molecular weight is 411 g/mol. The van der Waals surface area contributed by atoms with Gasteiger partial charge in [0, 0.05) is 23.3 Å². The molecule has 0 unspecified atom stereocenters. The molecular formula is C16H15F6N3OS. The van der Waals surface area contributed by atoms with E-state index >= 15 is 0 Å². The van der Waals surface area contributed by atoms with Crippen LogP contribution in [0.1, 0.15) is 21.0 Å². The highest BCUT2D eigenvalue weighted by molar-refractivity contribution is 7.11. The molecule has 11 heteroatoms. The topological polar surface area (TPSA) is 45.2 Å². The molecule has 0 aliphatic rings. The van der Waals surface area contributed by atoms with Gasteiger partial charge >= 0.3 is 12.4 Å². The predicted octanol–water partition coefficient (Wildman–Crippen LogP) is 4.56. The van der Waals surface area contributed by atoms with Gasteiger partial charge in [-0.1, -0.05) is 0 Å². The van der Waals surface area contributed by atoms with Crippen molar-refractivity contribution in [2.24, 2.45) is 0 Å². The number of carbonyl (C=O) groups is 1. The fraction of sp³-hybridized carbons (Fsp3) is 0.375. The zero-order valence-corrected chi connectivity index (χ0v) is 15.0. The van der Waals surface area contributed by atoms with E-state index in [1.165, 1.54) is 11.3 Å². The first kappa shape index (κ1) is 21.2. The number of amides is 1. The Morgan fingerprint density at radius 2 is 1.67 bits per heavy atom. The van der Waals surface area contributed by atoms with Gasteiger partial charge in [-0.25, -0.2) is 4.98 Å². The van der Waals surface area contributed by atoms with E-state index in [-0.39, 0.29) is 12.6 Å². The summed E-state index contributed by atoms with van der Waals surface area (Å²) in [6.07, 6.45) is -8.31. The lowest BCUT2D eigenvalue weighted by atomic mass is 10.1. The van der Waals surface area contributed by atoms with Crippen LogP contribution in [0.2, 0.25) is 0 Å². The highest BCUT2D eigenvalue weighted by Crippen LogP contribution is 2.37. The summed E-state index contributed by atoms with van der Waals surface area (Å²) < 4.78 is 77.0. The Labute approximate surface area is 154 Å². The number of hydrogen-bond donors (Lipinski definition) is 1. The van der Waals surface area contributed by atoms with Gasteiger partial charge in [-0.15, -0.1) is 11.3 Å². The van der Waals surface area contributed by atoms with Crippen molar-refractivity contribution in [2.45, 2.75) is 25.8 Å². The molecule has 1 N–H and O–H groups in total. The number of alkyl halides is 6. The molecule has 0 aliphatic heterocycles. The third kappa shape index (κ3) is 6.21. The van der Waals surface area contributed by atoms with Gasteiger partial charge in [-0.2, -0.15) is 26.3 Å². The summed E-state index contributed by atoms with van der Waals surface area (Å²) in [5.74, 6) is -0.730. The first-order valence-electron chi connectivity index (χ1n) is 7.54. The largest absolute Gasteiger partial charge is 0.416 e. The van der Waals surface area contributed by atoms with Crippen LogP contribution in [-0.2, 0) is 23.7 Å². The van der Waals surface area contributed by atoms with Gasteiger partial charge in [0.05, 0.1) is 22.7 Å². The summed E-state index contributed by atoms with van der Waals surface area (Å²) in [5.41, 5.74) is -3.54. The number of aryl methyl sites for hydroxylation is 1. The van der Waals surface area contributed by atoms with Crippen molar-refractivity contribution in [3.05, 3.63) is 45.4 Å². The summed E-state index contributed by atoms with van der Waals surface area (Å²) >= 11 is 1.42. The summed E-state index contributed by atoms with van der Waals surface area (Å²) in [5, 5.41) is 2.94. The fourth-order valence-corrected chi connectivity index (χ4v) is 3.15. The molecule has 2 rings (SSSR count). The molecule has 148 valence electrons. The number of anilines is 1. The lowest BCUT2D eigenvalue weighted by Gasteiger charge is -2.17. The Morgan fingerprint density at radius 3 is 2.11 bits per heavy atom. The molecule has 0 radical (unpaired) electrons. The SMILES string of the molecule is Cc1ncc(CN(C)CC(=O)Nc2cc(C(F)(F)F)cc(C(F)(F)F)c2)s1. The van der Waals surface area contributed by atoms with Gasteiger partial charge in [0.1, 0.15) is 0 Å². The van der Waals surface area contributed by atoms with E-state index in [2.05, 4.69) is 10.3 Å². The molecule has 0 fully saturated rings. The van der Waals surface area contributed by atoms with Gasteiger partial charge in [0.15, 0.2) is 0 Å². The quantitative estimate of drug-likeness (QED) is 0.734. The summed E-state index contributed by atoms with van der Waals surface area (Å²) in [6.45, 7) is 1.97. The van der Waals surface area contributed by atoms with Crippen LogP contribution in [0.4, 0.5) is 32.0 Å². The maximum absolute atomic E-state index is 12.8. The zero-order valence-electron chi connectivity index (χ0n) is 14.2. The third-order valence-electron chi connectivity index (χ3n) is 3.38. The van der Waals surface area contributed by atoms with Crippen molar-refractivity contribution >= 4 is 22.9 Å². The van der Waals surface area contributed by atoms with Gasteiger partial charge in [0.25, 0.3) is 0 Å². The molecule has 4 nitrogen and oxygen atoms in total. The molecule has 0 saturated carbocycles. The number of thiazole rings is 1. The van der Waals surface area contributed by atoms with Crippen LogP contribution >= 0.6 is 11.3 Å². The Morgan fingerprint density at radius 1 is 1.11 bits per heavy atom. The van der Waals surface area contributed by atoms with Crippen molar-refractivity contribution in [2.75, 3.05) is 18.9 Å². The first-order valence-corrected chi connectivity index (χ1v) is 8.35.